The maximum Gasteiger partial charge on any atom is 0.137 e. The van der Waals surface area contributed by atoms with Crippen molar-refractivity contribution in [2.24, 2.45) is 11.7 Å². The maximum absolute atomic E-state index is 5.68. The van der Waals surface area contributed by atoms with Crippen molar-refractivity contribution in [3.05, 3.63) is 24.0 Å². The molecular weight excluding hydrogens is 176 g/mol. The zero-order chi connectivity index (χ0) is 10.6. The monoisotopic (exact) mass is 194 g/mol. The fourth-order valence-electron chi connectivity index (χ4n) is 1.01. The van der Waals surface area contributed by atoms with Gasteiger partial charge in [-0.3, -0.25) is 4.98 Å². The SMILES string of the molecule is CC(C)COc1ccc(C(C)N)nc1. The molecule has 0 amide bonds. The van der Waals surface area contributed by atoms with Gasteiger partial charge in [0.05, 0.1) is 18.5 Å². The van der Waals surface area contributed by atoms with Crippen molar-refractivity contribution in [1.82, 2.24) is 4.98 Å². The minimum atomic E-state index is -0.0193. The number of hydrogen-bond acceptors (Lipinski definition) is 3. The van der Waals surface area contributed by atoms with Crippen LogP contribution in [0.3, 0.4) is 0 Å². The van der Waals surface area contributed by atoms with Gasteiger partial charge in [0.1, 0.15) is 5.75 Å². The number of ether oxygens (including phenoxy) is 1. The van der Waals surface area contributed by atoms with Crippen LogP contribution in [-0.2, 0) is 0 Å². The molecule has 0 radical (unpaired) electrons. The first-order valence-corrected chi connectivity index (χ1v) is 4.94. The summed E-state index contributed by atoms with van der Waals surface area (Å²) in [5.41, 5.74) is 6.57. The van der Waals surface area contributed by atoms with E-state index >= 15 is 0 Å². The van der Waals surface area contributed by atoms with Crippen LogP contribution in [0, 0.1) is 5.92 Å². The van der Waals surface area contributed by atoms with Gasteiger partial charge < -0.3 is 10.5 Å². The van der Waals surface area contributed by atoms with Gasteiger partial charge in [-0.25, -0.2) is 0 Å². The minimum Gasteiger partial charge on any atom is -0.492 e. The molecule has 2 N–H and O–H groups in total. The molecule has 1 heterocycles. The van der Waals surface area contributed by atoms with Crippen molar-refractivity contribution < 1.29 is 4.74 Å². The van der Waals surface area contributed by atoms with Gasteiger partial charge in [0.25, 0.3) is 0 Å². The average Bonchev–Trinajstić information content (AvgIpc) is 2.15. The van der Waals surface area contributed by atoms with Crippen LogP contribution in [0.15, 0.2) is 18.3 Å². The van der Waals surface area contributed by atoms with Crippen LogP contribution < -0.4 is 10.5 Å². The van der Waals surface area contributed by atoms with Crippen LogP contribution in [0.25, 0.3) is 0 Å². The van der Waals surface area contributed by atoms with Gasteiger partial charge in [0.15, 0.2) is 0 Å². The summed E-state index contributed by atoms with van der Waals surface area (Å²) in [6.45, 7) is 6.86. The third-order valence-corrected chi connectivity index (χ3v) is 1.81. The zero-order valence-corrected chi connectivity index (χ0v) is 9.03. The highest BCUT2D eigenvalue weighted by molar-refractivity contribution is 5.21. The Morgan fingerprint density at radius 1 is 1.36 bits per heavy atom. The molecule has 14 heavy (non-hydrogen) atoms. The molecule has 1 aromatic rings. The number of hydrogen-bond donors (Lipinski definition) is 1. The standard InChI is InChI=1S/C11H18N2O/c1-8(2)7-14-10-4-5-11(9(3)12)13-6-10/h4-6,8-9H,7,12H2,1-3H3. The molecule has 0 saturated carbocycles. The fraction of sp³-hybridized carbons (Fsp3) is 0.545. The molecule has 78 valence electrons. The second kappa shape index (κ2) is 4.96. The van der Waals surface area contributed by atoms with Gasteiger partial charge in [-0.15, -0.1) is 0 Å². The molecule has 0 fully saturated rings. The Morgan fingerprint density at radius 3 is 2.50 bits per heavy atom. The van der Waals surface area contributed by atoms with Crippen LogP contribution in [-0.4, -0.2) is 11.6 Å². The maximum atomic E-state index is 5.68. The molecule has 3 nitrogen and oxygen atoms in total. The molecule has 1 unspecified atom stereocenters. The summed E-state index contributed by atoms with van der Waals surface area (Å²) < 4.78 is 5.50. The predicted molar refractivity (Wildman–Crippen MR) is 57.2 cm³/mol. The quantitative estimate of drug-likeness (QED) is 0.798. The molecule has 0 aromatic carbocycles. The summed E-state index contributed by atoms with van der Waals surface area (Å²) in [6, 6.07) is 3.79. The number of pyridine rings is 1. The average molecular weight is 194 g/mol. The Labute approximate surface area is 85.3 Å². The highest BCUT2D eigenvalue weighted by Gasteiger charge is 2.01. The van der Waals surface area contributed by atoms with Gasteiger partial charge in [-0.05, 0) is 25.0 Å². The second-order valence-corrected chi connectivity index (χ2v) is 3.91. The molecule has 0 bridgehead atoms. The highest BCUT2D eigenvalue weighted by atomic mass is 16.5. The summed E-state index contributed by atoms with van der Waals surface area (Å²) in [4.78, 5) is 4.21. The molecule has 3 heteroatoms. The van der Waals surface area contributed by atoms with Crippen molar-refractivity contribution in [3.8, 4) is 5.75 Å². The number of nitrogens with two attached hydrogens (primary N) is 1. The van der Waals surface area contributed by atoms with Gasteiger partial charge in [-0.1, -0.05) is 13.8 Å². The summed E-state index contributed by atoms with van der Waals surface area (Å²) in [5, 5.41) is 0. The van der Waals surface area contributed by atoms with Crippen LogP contribution in [0.1, 0.15) is 32.5 Å². The van der Waals surface area contributed by atoms with Crippen molar-refractivity contribution in [3.63, 3.8) is 0 Å². The van der Waals surface area contributed by atoms with Crippen molar-refractivity contribution in [1.29, 1.82) is 0 Å². The zero-order valence-electron chi connectivity index (χ0n) is 9.03. The molecule has 0 spiro atoms. The van der Waals surface area contributed by atoms with Gasteiger partial charge in [0, 0.05) is 6.04 Å². The van der Waals surface area contributed by atoms with Gasteiger partial charge in [-0.2, -0.15) is 0 Å². The Bertz CT molecular complexity index is 267. The predicted octanol–water partition coefficient (Wildman–Crippen LogP) is 2.14. The smallest absolute Gasteiger partial charge is 0.137 e. The van der Waals surface area contributed by atoms with Crippen LogP contribution >= 0.6 is 0 Å². The van der Waals surface area contributed by atoms with Crippen LogP contribution in [0.5, 0.6) is 5.75 Å². The molecule has 1 aromatic heterocycles. The van der Waals surface area contributed by atoms with E-state index in [-0.39, 0.29) is 6.04 Å². The third-order valence-electron chi connectivity index (χ3n) is 1.81. The van der Waals surface area contributed by atoms with Crippen molar-refractivity contribution in [2.45, 2.75) is 26.8 Å². The molecule has 0 saturated heterocycles. The van der Waals surface area contributed by atoms with Crippen LogP contribution in [0.2, 0.25) is 0 Å². The molecule has 0 aliphatic rings. The highest BCUT2D eigenvalue weighted by Crippen LogP contribution is 2.13. The third kappa shape index (κ3) is 3.34. The van der Waals surface area contributed by atoms with Crippen LogP contribution in [0.4, 0.5) is 0 Å². The topological polar surface area (TPSA) is 48.1 Å². The van der Waals surface area contributed by atoms with Gasteiger partial charge in [0.2, 0.25) is 0 Å². The molecule has 0 aliphatic heterocycles. The van der Waals surface area contributed by atoms with E-state index in [0.29, 0.717) is 5.92 Å². The van der Waals surface area contributed by atoms with E-state index in [1.54, 1.807) is 6.20 Å². The Morgan fingerprint density at radius 2 is 2.07 bits per heavy atom. The van der Waals surface area contributed by atoms with E-state index < -0.39 is 0 Å². The lowest BCUT2D eigenvalue weighted by Crippen LogP contribution is -2.08. The first-order valence-electron chi connectivity index (χ1n) is 4.94. The first kappa shape index (κ1) is 11.0. The molecule has 0 aliphatic carbocycles. The fourth-order valence-corrected chi connectivity index (χ4v) is 1.01. The lowest BCUT2D eigenvalue weighted by Gasteiger charge is -2.09. The Hall–Kier alpha value is -1.09. The van der Waals surface area contributed by atoms with E-state index in [4.69, 9.17) is 10.5 Å². The largest absolute Gasteiger partial charge is 0.492 e. The number of rotatable bonds is 4. The first-order chi connectivity index (χ1) is 6.59. The summed E-state index contributed by atoms with van der Waals surface area (Å²) in [6.07, 6.45) is 1.72. The van der Waals surface area contributed by atoms with E-state index in [1.165, 1.54) is 0 Å². The Kier molecular flexibility index (Phi) is 3.89. The summed E-state index contributed by atoms with van der Waals surface area (Å²) in [7, 11) is 0. The van der Waals surface area contributed by atoms with E-state index in [9.17, 15) is 0 Å². The minimum absolute atomic E-state index is 0.0193. The lowest BCUT2D eigenvalue weighted by atomic mass is 10.2. The van der Waals surface area contributed by atoms with E-state index in [2.05, 4.69) is 18.8 Å². The second-order valence-electron chi connectivity index (χ2n) is 3.91. The lowest BCUT2D eigenvalue weighted by molar-refractivity contribution is 0.270. The molecular formula is C11H18N2O. The van der Waals surface area contributed by atoms with E-state index in [1.807, 2.05) is 19.1 Å². The van der Waals surface area contributed by atoms with Crippen molar-refractivity contribution in [2.75, 3.05) is 6.61 Å². The summed E-state index contributed by atoms with van der Waals surface area (Å²) in [5.74, 6) is 1.34. The number of aromatic nitrogens is 1. The Balaban J connectivity index is 2.55. The summed E-state index contributed by atoms with van der Waals surface area (Å²) >= 11 is 0. The molecule has 1 rings (SSSR count). The molecule has 1 atom stereocenters. The number of nitrogens with zero attached hydrogens (tertiary/aromatic N) is 1. The normalized spacial score (nSPS) is 12.9. The van der Waals surface area contributed by atoms with E-state index in [0.717, 1.165) is 18.1 Å². The van der Waals surface area contributed by atoms with Crippen molar-refractivity contribution >= 4 is 0 Å². The van der Waals surface area contributed by atoms with Gasteiger partial charge >= 0.3 is 0 Å².